The number of rotatable bonds is 6. The van der Waals surface area contributed by atoms with Gasteiger partial charge in [0.15, 0.2) is 0 Å². The number of hydrogen-bond donors (Lipinski definition) is 2. The lowest BCUT2D eigenvalue weighted by Crippen LogP contribution is -2.36. The van der Waals surface area contributed by atoms with Crippen molar-refractivity contribution in [3.05, 3.63) is 43.0 Å². The van der Waals surface area contributed by atoms with Crippen molar-refractivity contribution in [3.8, 4) is 0 Å². The Bertz CT molecular complexity index is 1100. The first-order valence-electron chi connectivity index (χ1n) is 7.67. The molecule has 0 fully saturated rings. The van der Waals surface area contributed by atoms with Crippen LogP contribution in [0, 0.1) is 13.8 Å². The van der Waals surface area contributed by atoms with Gasteiger partial charge in [-0.05, 0) is 13.8 Å². The van der Waals surface area contributed by atoms with Crippen LogP contribution in [0.3, 0.4) is 0 Å². The van der Waals surface area contributed by atoms with Crippen LogP contribution in [-0.4, -0.2) is 41.6 Å². The molecule has 3 heterocycles. The van der Waals surface area contributed by atoms with E-state index in [9.17, 15) is 14.4 Å². The highest BCUT2D eigenvalue weighted by Gasteiger charge is 2.15. The van der Waals surface area contributed by atoms with E-state index in [2.05, 4.69) is 30.7 Å². The Morgan fingerprint density at radius 3 is 2.74 bits per heavy atom. The van der Waals surface area contributed by atoms with Crippen molar-refractivity contribution < 1.29 is 9.21 Å². The lowest BCUT2D eigenvalue weighted by molar-refractivity contribution is -0.113. The zero-order valence-electron chi connectivity index (χ0n) is 14.6. The number of hydrogen-bond acceptors (Lipinski definition) is 10. The molecule has 0 spiro atoms. The predicted octanol–water partition coefficient (Wildman–Crippen LogP) is 0.247. The molecule has 11 nitrogen and oxygen atoms in total. The van der Waals surface area contributed by atoms with E-state index in [1.807, 2.05) is 0 Å². The summed E-state index contributed by atoms with van der Waals surface area (Å²) in [6.07, 6.45) is 0.0824. The van der Waals surface area contributed by atoms with E-state index in [1.165, 1.54) is 18.4 Å². The summed E-state index contributed by atoms with van der Waals surface area (Å²) < 4.78 is 6.45. The van der Waals surface area contributed by atoms with Crippen LogP contribution in [0.2, 0.25) is 0 Å². The normalized spacial score (nSPS) is 10.9. The minimum Gasteiger partial charge on any atom is -0.416 e. The summed E-state index contributed by atoms with van der Waals surface area (Å²) in [4.78, 5) is 38.2. The van der Waals surface area contributed by atoms with Gasteiger partial charge in [0.25, 0.3) is 10.8 Å². The number of nitrogens with zero attached hydrogens (tertiary/aromatic N) is 5. The Balaban J connectivity index is 1.62. The molecule has 0 atom stereocenters. The van der Waals surface area contributed by atoms with Crippen LogP contribution in [0.25, 0.3) is 0 Å². The summed E-state index contributed by atoms with van der Waals surface area (Å²) in [6.45, 7) is 3.42. The standard InChI is InChI=1S/C14H15N7O4S2/c1-6-8(11(23)21(3)13(24)15-6)4-10-18-20-14(25-10)26-5-9(22)16-12-19-17-7(2)27-12/h4-5H2,1-3H3,(H,15,24)(H,16,19,22). The number of aromatic nitrogens is 6. The first-order valence-corrected chi connectivity index (χ1v) is 9.47. The Hall–Kier alpha value is -2.80. The molecule has 142 valence electrons. The number of nitrogens with one attached hydrogen (secondary N) is 2. The summed E-state index contributed by atoms with van der Waals surface area (Å²) in [5.41, 5.74) is -0.0982. The molecule has 0 aliphatic heterocycles. The first-order chi connectivity index (χ1) is 12.8. The Morgan fingerprint density at radius 2 is 2.04 bits per heavy atom. The van der Waals surface area contributed by atoms with E-state index in [-0.39, 0.29) is 29.2 Å². The highest BCUT2D eigenvalue weighted by Crippen LogP contribution is 2.19. The van der Waals surface area contributed by atoms with Crippen LogP contribution in [0.5, 0.6) is 0 Å². The monoisotopic (exact) mass is 409 g/mol. The summed E-state index contributed by atoms with van der Waals surface area (Å²) in [6, 6.07) is 0. The molecule has 0 radical (unpaired) electrons. The van der Waals surface area contributed by atoms with Gasteiger partial charge < -0.3 is 9.40 Å². The van der Waals surface area contributed by atoms with Crippen molar-refractivity contribution >= 4 is 34.1 Å². The van der Waals surface area contributed by atoms with E-state index in [1.54, 1.807) is 13.8 Å². The van der Waals surface area contributed by atoms with Crippen LogP contribution >= 0.6 is 23.1 Å². The first kappa shape index (κ1) is 19.0. The van der Waals surface area contributed by atoms with E-state index in [0.29, 0.717) is 16.4 Å². The SMILES string of the molecule is Cc1nnc(NC(=O)CSc2nnc(Cc3c(C)[nH]c(=O)n(C)c3=O)o2)s1. The fourth-order valence-electron chi connectivity index (χ4n) is 2.13. The molecule has 0 bridgehead atoms. The third-order valence-corrected chi connectivity index (χ3v) is 5.06. The maximum atomic E-state index is 12.2. The molecular formula is C14H15N7O4S2. The fraction of sp³-hybridized carbons (Fsp3) is 0.357. The van der Waals surface area contributed by atoms with Gasteiger partial charge in [0.2, 0.25) is 16.9 Å². The second kappa shape index (κ2) is 7.84. The molecule has 0 aliphatic rings. The lowest BCUT2D eigenvalue weighted by Gasteiger charge is -2.04. The average Bonchev–Trinajstić information content (AvgIpc) is 3.24. The number of carbonyl (C=O) groups is 1. The van der Waals surface area contributed by atoms with Gasteiger partial charge in [0.1, 0.15) is 5.01 Å². The second-order valence-corrected chi connectivity index (χ2v) is 7.61. The number of anilines is 1. The molecule has 0 aliphatic carbocycles. The molecule has 0 saturated heterocycles. The molecule has 3 rings (SSSR count). The minimum atomic E-state index is -0.486. The van der Waals surface area contributed by atoms with Crippen LogP contribution in [0.1, 0.15) is 22.2 Å². The molecular weight excluding hydrogens is 394 g/mol. The van der Waals surface area contributed by atoms with Gasteiger partial charge in [-0.25, -0.2) is 4.79 Å². The maximum absolute atomic E-state index is 12.2. The second-order valence-electron chi connectivity index (χ2n) is 5.50. The van der Waals surface area contributed by atoms with Gasteiger partial charge >= 0.3 is 5.69 Å². The highest BCUT2D eigenvalue weighted by molar-refractivity contribution is 7.99. The maximum Gasteiger partial charge on any atom is 0.328 e. The molecule has 2 N–H and O–H groups in total. The zero-order chi connectivity index (χ0) is 19.6. The number of H-pyrrole nitrogens is 1. The van der Waals surface area contributed by atoms with Crippen molar-refractivity contribution in [2.24, 2.45) is 7.05 Å². The smallest absolute Gasteiger partial charge is 0.328 e. The molecule has 0 aromatic carbocycles. The summed E-state index contributed by atoms with van der Waals surface area (Å²) in [7, 11) is 1.39. The predicted molar refractivity (Wildman–Crippen MR) is 98.1 cm³/mol. The molecule has 1 amide bonds. The van der Waals surface area contributed by atoms with Crippen molar-refractivity contribution in [2.75, 3.05) is 11.1 Å². The number of thioether (sulfide) groups is 1. The van der Waals surface area contributed by atoms with Crippen LogP contribution in [0.15, 0.2) is 19.2 Å². The van der Waals surface area contributed by atoms with Crippen LogP contribution < -0.4 is 16.6 Å². The Morgan fingerprint density at radius 1 is 1.26 bits per heavy atom. The fourth-order valence-corrected chi connectivity index (χ4v) is 3.32. The number of aryl methyl sites for hydroxylation is 2. The van der Waals surface area contributed by atoms with Crippen LogP contribution in [-0.2, 0) is 18.3 Å². The van der Waals surface area contributed by atoms with Gasteiger partial charge in [0.05, 0.1) is 12.2 Å². The van der Waals surface area contributed by atoms with E-state index >= 15 is 0 Å². The molecule has 13 heteroatoms. The number of carbonyl (C=O) groups excluding carboxylic acids is 1. The van der Waals surface area contributed by atoms with E-state index in [4.69, 9.17) is 4.42 Å². The average molecular weight is 409 g/mol. The van der Waals surface area contributed by atoms with Crippen molar-refractivity contribution in [2.45, 2.75) is 25.5 Å². The van der Waals surface area contributed by atoms with Crippen LogP contribution in [0.4, 0.5) is 5.13 Å². The van der Waals surface area contributed by atoms with E-state index in [0.717, 1.165) is 21.3 Å². The van der Waals surface area contributed by atoms with Gasteiger partial charge in [-0.3, -0.25) is 19.5 Å². The lowest BCUT2D eigenvalue weighted by atomic mass is 10.2. The van der Waals surface area contributed by atoms with Gasteiger partial charge in [-0.15, -0.1) is 20.4 Å². The summed E-state index contributed by atoms with van der Waals surface area (Å²) in [5.74, 6) is -0.00848. The molecule has 27 heavy (non-hydrogen) atoms. The Labute approximate surface area is 160 Å². The Kier molecular flexibility index (Phi) is 5.51. The highest BCUT2D eigenvalue weighted by atomic mass is 32.2. The zero-order valence-corrected chi connectivity index (χ0v) is 16.2. The molecule has 3 aromatic heterocycles. The van der Waals surface area contributed by atoms with Gasteiger partial charge in [0, 0.05) is 18.3 Å². The molecule has 3 aromatic rings. The van der Waals surface area contributed by atoms with Gasteiger partial charge in [-0.1, -0.05) is 23.1 Å². The van der Waals surface area contributed by atoms with Gasteiger partial charge in [-0.2, -0.15) is 0 Å². The van der Waals surface area contributed by atoms with Crippen molar-refractivity contribution in [3.63, 3.8) is 0 Å². The van der Waals surface area contributed by atoms with Crippen molar-refractivity contribution in [1.82, 2.24) is 29.9 Å². The topological polar surface area (TPSA) is 149 Å². The summed E-state index contributed by atoms with van der Waals surface area (Å²) in [5, 5.41) is 19.4. The number of aromatic amines is 1. The number of amides is 1. The van der Waals surface area contributed by atoms with Crippen molar-refractivity contribution in [1.29, 1.82) is 0 Å². The molecule has 0 saturated carbocycles. The minimum absolute atomic E-state index is 0.0553. The summed E-state index contributed by atoms with van der Waals surface area (Å²) >= 11 is 2.34. The largest absolute Gasteiger partial charge is 0.416 e. The van der Waals surface area contributed by atoms with E-state index < -0.39 is 11.2 Å². The third-order valence-electron chi connectivity index (χ3n) is 3.49. The quantitative estimate of drug-likeness (QED) is 0.546. The third kappa shape index (κ3) is 4.49. The molecule has 0 unspecified atom stereocenters.